The van der Waals surface area contributed by atoms with E-state index in [9.17, 15) is 9.59 Å². The minimum Gasteiger partial charge on any atom is -0.452 e. The number of hydrogen-bond donors (Lipinski definition) is 1. The van der Waals surface area contributed by atoms with Gasteiger partial charge in [0.15, 0.2) is 6.10 Å². The lowest BCUT2D eigenvalue weighted by Crippen LogP contribution is -2.38. The molecule has 3 rings (SSSR count). The van der Waals surface area contributed by atoms with E-state index in [4.69, 9.17) is 9.72 Å². The Hall–Kier alpha value is -2.21. The van der Waals surface area contributed by atoms with Gasteiger partial charge in [0.1, 0.15) is 0 Å². The molecule has 0 radical (unpaired) electrons. The van der Waals surface area contributed by atoms with Crippen molar-refractivity contribution in [3.8, 4) is 0 Å². The first kappa shape index (κ1) is 18.6. The van der Waals surface area contributed by atoms with Crippen molar-refractivity contribution in [3.05, 3.63) is 41.9 Å². The van der Waals surface area contributed by atoms with E-state index in [1.807, 2.05) is 18.2 Å². The van der Waals surface area contributed by atoms with Gasteiger partial charge in [-0.1, -0.05) is 31.1 Å². The van der Waals surface area contributed by atoms with Gasteiger partial charge >= 0.3 is 5.97 Å². The zero-order valence-electron chi connectivity index (χ0n) is 14.9. The molecule has 138 valence electrons. The van der Waals surface area contributed by atoms with Crippen LogP contribution in [0.1, 0.15) is 43.5 Å². The Labute approximate surface area is 157 Å². The number of hydrogen-bond acceptors (Lipinski definition) is 5. The molecule has 0 bridgehead atoms. The molecule has 3 atom stereocenters. The van der Waals surface area contributed by atoms with Crippen molar-refractivity contribution in [1.82, 2.24) is 10.3 Å². The van der Waals surface area contributed by atoms with E-state index >= 15 is 0 Å². The van der Waals surface area contributed by atoms with Gasteiger partial charge in [0.25, 0.3) is 5.91 Å². The van der Waals surface area contributed by atoms with Crippen molar-refractivity contribution >= 4 is 33.4 Å². The fourth-order valence-electron chi connectivity index (χ4n) is 3.39. The highest BCUT2D eigenvalue weighted by Gasteiger charge is 2.36. The first-order chi connectivity index (χ1) is 12.6. The van der Waals surface area contributed by atoms with Crippen LogP contribution in [0.3, 0.4) is 0 Å². The molecule has 6 heteroatoms. The lowest BCUT2D eigenvalue weighted by Gasteiger charge is -2.29. The second-order valence-corrected chi connectivity index (χ2v) is 7.69. The summed E-state index contributed by atoms with van der Waals surface area (Å²) in [6, 6.07) is 8.03. The molecule has 0 aliphatic heterocycles. The Balaban J connectivity index is 1.72. The molecular formula is C20H24N2O3S. The number of esters is 1. The molecule has 1 amide bonds. The van der Waals surface area contributed by atoms with Crippen molar-refractivity contribution in [2.24, 2.45) is 5.92 Å². The number of rotatable bonds is 6. The third-order valence-corrected chi connectivity index (χ3v) is 5.95. The molecule has 0 unspecified atom stereocenters. The maximum Gasteiger partial charge on any atom is 0.310 e. The summed E-state index contributed by atoms with van der Waals surface area (Å²) in [5.41, 5.74) is 0.974. The van der Waals surface area contributed by atoms with Crippen LogP contribution in [0.5, 0.6) is 0 Å². The normalized spacial score (nSPS) is 21.1. The van der Waals surface area contributed by atoms with Crippen LogP contribution in [0, 0.1) is 5.92 Å². The van der Waals surface area contributed by atoms with E-state index in [0.29, 0.717) is 6.54 Å². The van der Waals surface area contributed by atoms with E-state index in [0.717, 1.165) is 40.9 Å². The number of carbonyl (C=O) groups excluding carboxylic acids is 2. The van der Waals surface area contributed by atoms with Crippen LogP contribution in [0.2, 0.25) is 0 Å². The van der Waals surface area contributed by atoms with Crippen molar-refractivity contribution in [3.63, 3.8) is 0 Å². The topological polar surface area (TPSA) is 68.3 Å². The summed E-state index contributed by atoms with van der Waals surface area (Å²) in [5, 5.41) is 3.65. The first-order valence-corrected chi connectivity index (χ1v) is 9.86. The molecule has 1 aliphatic rings. The number of para-hydroxylation sites is 1. The van der Waals surface area contributed by atoms with Gasteiger partial charge in [-0.15, -0.1) is 17.9 Å². The average Bonchev–Trinajstić information content (AvgIpc) is 3.10. The van der Waals surface area contributed by atoms with Crippen molar-refractivity contribution < 1.29 is 14.3 Å². The van der Waals surface area contributed by atoms with E-state index in [1.165, 1.54) is 0 Å². The van der Waals surface area contributed by atoms with Gasteiger partial charge in [0.2, 0.25) is 0 Å². The van der Waals surface area contributed by atoms with Gasteiger partial charge in [-0.3, -0.25) is 9.59 Å². The second-order valence-electron chi connectivity index (χ2n) is 6.63. The third-order valence-electron chi connectivity index (χ3n) is 4.78. The van der Waals surface area contributed by atoms with Crippen LogP contribution >= 0.6 is 11.3 Å². The van der Waals surface area contributed by atoms with Crippen molar-refractivity contribution in [2.75, 3.05) is 6.54 Å². The van der Waals surface area contributed by atoms with Crippen LogP contribution in [-0.2, 0) is 14.3 Å². The van der Waals surface area contributed by atoms with Gasteiger partial charge in [-0.2, -0.15) is 0 Å². The average molecular weight is 372 g/mol. The maximum atomic E-state index is 12.7. The van der Waals surface area contributed by atoms with Gasteiger partial charge in [0, 0.05) is 12.5 Å². The highest BCUT2D eigenvalue weighted by molar-refractivity contribution is 7.18. The van der Waals surface area contributed by atoms with Gasteiger partial charge in [-0.25, -0.2) is 4.98 Å². The number of nitrogens with one attached hydrogen (secondary N) is 1. The van der Waals surface area contributed by atoms with E-state index in [1.54, 1.807) is 24.3 Å². The first-order valence-electron chi connectivity index (χ1n) is 9.04. The van der Waals surface area contributed by atoms with Crippen LogP contribution in [0.25, 0.3) is 10.2 Å². The molecule has 5 nitrogen and oxygen atoms in total. The standard InChI is InChI=1S/C20H24N2O3S/c1-3-12-21-18(23)13(2)25-20(24)15-9-5-4-8-14(15)19-22-16-10-6-7-11-17(16)26-19/h3,6-7,10-11,13-15H,1,4-5,8-9,12H2,2H3,(H,21,23)/t13-,14-,15+/m0/s1. The molecule has 2 aromatic rings. The SMILES string of the molecule is C=CCNC(=O)[C@H](C)OC(=O)[C@@H]1CCCC[C@@H]1c1nc2ccccc2s1. The zero-order valence-corrected chi connectivity index (χ0v) is 15.8. The summed E-state index contributed by atoms with van der Waals surface area (Å²) < 4.78 is 6.60. The number of amides is 1. The minimum atomic E-state index is -0.805. The molecule has 1 aromatic heterocycles. The Kier molecular flexibility index (Phi) is 6.04. The number of aromatic nitrogens is 1. The monoisotopic (exact) mass is 372 g/mol. The Morgan fingerprint density at radius 2 is 2.15 bits per heavy atom. The molecule has 1 heterocycles. The minimum absolute atomic E-state index is 0.0667. The van der Waals surface area contributed by atoms with E-state index < -0.39 is 6.10 Å². The molecule has 1 fully saturated rings. The Bertz CT molecular complexity index is 768. The van der Waals surface area contributed by atoms with Crippen LogP contribution < -0.4 is 5.32 Å². The molecular weight excluding hydrogens is 348 g/mol. The number of ether oxygens (including phenoxy) is 1. The lowest BCUT2D eigenvalue weighted by molar-refractivity contribution is -0.160. The maximum absolute atomic E-state index is 12.7. The molecule has 1 aromatic carbocycles. The highest BCUT2D eigenvalue weighted by Crippen LogP contribution is 2.41. The number of fused-ring (bicyclic) bond motifs is 1. The lowest BCUT2D eigenvalue weighted by atomic mass is 9.79. The zero-order chi connectivity index (χ0) is 18.5. The molecule has 1 N–H and O–H groups in total. The molecule has 1 aliphatic carbocycles. The van der Waals surface area contributed by atoms with Gasteiger partial charge in [-0.05, 0) is 31.9 Å². The molecule has 26 heavy (non-hydrogen) atoms. The number of nitrogens with zero attached hydrogens (tertiary/aromatic N) is 1. The number of thiazole rings is 1. The predicted molar refractivity (Wildman–Crippen MR) is 103 cm³/mol. The quantitative estimate of drug-likeness (QED) is 0.618. The summed E-state index contributed by atoms with van der Waals surface area (Å²) in [7, 11) is 0. The Morgan fingerprint density at radius 1 is 1.38 bits per heavy atom. The predicted octanol–water partition coefficient (Wildman–Crippen LogP) is 3.80. The Morgan fingerprint density at radius 3 is 2.92 bits per heavy atom. The summed E-state index contributed by atoms with van der Waals surface area (Å²) >= 11 is 1.65. The molecule has 0 saturated heterocycles. The smallest absolute Gasteiger partial charge is 0.310 e. The van der Waals surface area contributed by atoms with E-state index in [2.05, 4.69) is 18.0 Å². The molecule has 0 spiro atoms. The van der Waals surface area contributed by atoms with Crippen molar-refractivity contribution in [2.45, 2.75) is 44.6 Å². The highest BCUT2D eigenvalue weighted by atomic mass is 32.1. The summed E-state index contributed by atoms with van der Waals surface area (Å²) in [4.78, 5) is 29.4. The summed E-state index contributed by atoms with van der Waals surface area (Å²) in [6.45, 7) is 5.52. The van der Waals surface area contributed by atoms with Crippen LogP contribution in [-0.4, -0.2) is 29.5 Å². The largest absolute Gasteiger partial charge is 0.452 e. The fourth-order valence-corrected chi connectivity index (χ4v) is 4.56. The second kappa shape index (κ2) is 8.45. The summed E-state index contributed by atoms with van der Waals surface area (Å²) in [6.07, 6.45) is 4.58. The van der Waals surface area contributed by atoms with Crippen molar-refractivity contribution in [1.29, 1.82) is 0 Å². The number of benzene rings is 1. The van der Waals surface area contributed by atoms with E-state index in [-0.39, 0.29) is 23.7 Å². The van der Waals surface area contributed by atoms with Crippen LogP contribution in [0.15, 0.2) is 36.9 Å². The number of carbonyl (C=O) groups is 2. The summed E-state index contributed by atoms with van der Waals surface area (Å²) in [5.74, 6) is -0.767. The third kappa shape index (κ3) is 4.12. The molecule has 1 saturated carbocycles. The fraction of sp³-hybridized carbons (Fsp3) is 0.450. The van der Waals surface area contributed by atoms with Gasteiger partial charge < -0.3 is 10.1 Å². The van der Waals surface area contributed by atoms with Gasteiger partial charge in [0.05, 0.1) is 21.1 Å². The van der Waals surface area contributed by atoms with Crippen LogP contribution in [0.4, 0.5) is 0 Å².